The smallest absolute Gasteiger partial charge is 0.308 e. The van der Waals surface area contributed by atoms with Crippen molar-refractivity contribution in [3.05, 3.63) is 29.3 Å². The molecule has 0 spiro atoms. The van der Waals surface area contributed by atoms with E-state index in [0.717, 1.165) is 25.0 Å². The van der Waals surface area contributed by atoms with E-state index in [0.29, 0.717) is 0 Å². The van der Waals surface area contributed by atoms with E-state index >= 15 is 0 Å². The Balaban J connectivity index is 2.30. The Hall–Kier alpha value is -1.51. The van der Waals surface area contributed by atoms with Crippen LogP contribution in [0.1, 0.15) is 36.8 Å². The highest BCUT2D eigenvalue weighted by Crippen LogP contribution is 2.38. The predicted octanol–water partition coefficient (Wildman–Crippen LogP) is 2.92. The molecule has 1 aromatic carbocycles. The molecular weight excluding hydrogens is 228 g/mol. The normalized spacial score (nSPS) is 19.8. The Bertz CT molecular complexity index is 439. The zero-order chi connectivity index (χ0) is 13.1. The molecule has 0 aliphatic heterocycles. The quantitative estimate of drug-likeness (QED) is 0.771. The van der Waals surface area contributed by atoms with Gasteiger partial charge >= 0.3 is 5.97 Å². The zero-order valence-electron chi connectivity index (χ0n) is 11.2. The molecular formula is C15H20O3. The SMILES string of the molecule is COC(=O)[C@H](C)[C@H]1CCCc2cc(OC)ccc21. The number of methoxy groups -OCH3 is 2. The van der Waals surface area contributed by atoms with E-state index in [9.17, 15) is 4.79 Å². The molecule has 0 unspecified atom stereocenters. The maximum absolute atomic E-state index is 11.7. The molecule has 0 N–H and O–H groups in total. The number of carbonyl (C=O) groups excluding carboxylic acids is 1. The van der Waals surface area contributed by atoms with Crippen molar-refractivity contribution in [2.75, 3.05) is 14.2 Å². The summed E-state index contributed by atoms with van der Waals surface area (Å²) in [7, 11) is 3.13. The second-order valence-corrected chi connectivity index (χ2v) is 4.88. The Morgan fingerprint density at radius 2 is 2.17 bits per heavy atom. The number of hydrogen-bond donors (Lipinski definition) is 0. The fourth-order valence-corrected chi connectivity index (χ4v) is 2.82. The molecule has 0 fully saturated rings. The van der Waals surface area contributed by atoms with Crippen LogP contribution in [0.15, 0.2) is 18.2 Å². The van der Waals surface area contributed by atoms with E-state index in [1.807, 2.05) is 13.0 Å². The molecule has 2 rings (SSSR count). The zero-order valence-corrected chi connectivity index (χ0v) is 11.2. The van der Waals surface area contributed by atoms with Crippen molar-refractivity contribution < 1.29 is 14.3 Å². The van der Waals surface area contributed by atoms with Crippen LogP contribution in [0, 0.1) is 5.92 Å². The largest absolute Gasteiger partial charge is 0.497 e. The molecule has 1 aliphatic carbocycles. The first-order valence-electron chi connectivity index (χ1n) is 6.42. The summed E-state index contributed by atoms with van der Waals surface area (Å²) in [5, 5.41) is 0. The van der Waals surface area contributed by atoms with Crippen molar-refractivity contribution >= 4 is 5.97 Å². The third-order valence-corrected chi connectivity index (χ3v) is 3.89. The summed E-state index contributed by atoms with van der Waals surface area (Å²) >= 11 is 0. The average Bonchev–Trinajstić information content (AvgIpc) is 2.44. The molecule has 0 bridgehead atoms. The van der Waals surface area contributed by atoms with Crippen LogP contribution < -0.4 is 4.74 Å². The Labute approximate surface area is 108 Å². The Morgan fingerprint density at radius 3 is 2.83 bits per heavy atom. The van der Waals surface area contributed by atoms with Crippen molar-refractivity contribution in [1.82, 2.24) is 0 Å². The number of hydrogen-bond acceptors (Lipinski definition) is 3. The van der Waals surface area contributed by atoms with Crippen LogP contribution >= 0.6 is 0 Å². The standard InChI is InChI=1S/C15H20O3/c1-10(15(16)18-3)13-6-4-5-11-9-12(17-2)7-8-14(11)13/h7-10,13H,4-6H2,1-3H3/t10-,13-/m1/s1. The lowest BCUT2D eigenvalue weighted by Crippen LogP contribution is -2.24. The minimum Gasteiger partial charge on any atom is -0.497 e. The van der Waals surface area contributed by atoms with Gasteiger partial charge in [-0.1, -0.05) is 13.0 Å². The first-order valence-corrected chi connectivity index (χ1v) is 6.42. The molecule has 0 saturated heterocycles. The lowest BCUT2D eigenvalue weighted by atomic mass is 9.76. The van der Waals surface area contributed by atoms with Gasteiger partial charge in [0.25, 0.3) is 0 Å². The molecule has 0 amide bonds. The van der Waals surface area contributed by atoms with E-state index in [4.69, 9.17) is 9.47 Å². The van der Waals surface area contributed by atoms with Gasteiger partial charge in [0.05, 0.1) is 20.1 Å². The minimum absolute atomic E-state index is 0.0811. The van der Waals surface area contributed by atoms with Crippen LogP contribution in [-0.4, -0.2) is 20.2 Å². The van der Waals surface area contributed by atoms with Gasteiger partial charge in [0.15, 0.2) is 0 Å². The van der Waals surface area contributed by atoms with Gasteiger partial charge in [-0.2, -0.15) is 0 Å². The van der Waals surface area contributed by atoms with Crippen LogP contribution in [0.3, 0.4) is 0 Å². The minimum atomic E-state index is -0.122. The highest BCUT2D eigenvalue weighted by Gasteiger charge is 2.30. The van der Waals surface area contributed by atoms with Crippen LogP contribution in [0.2, 0.25) is 0 Å². The van der Waals surface area contributed by atoms with Crippen LogP contribution in [0.4, 0.5) is 0 Å². The average molecular weight is 248 g/mol. The van der Waals surface area contributed by atoms with Crippen molar-refractivity contribution in [2.45, 2.75) is 32.1 Å². The van der Waals surface area contributed by atoms with Gasteiger partial charge in [-0.05, 0) is 48.4 Å². The van der Waals surface area contributed by atoms with E-state index < -0.39 is 0 Å². The third-order valence-electron chi connectivity index (χ3n) is 3.89. The summed E-state index contributed by atoms with van der Waals surface area (Å²) in [4.78, 5) is 11.7. The molecule has 0 saturated carbocycles. The van der Waals surface area contributed by atoms with Gasteiger partial charge in [0.1, 0.15) is 5.75 Å². The number of aryl methyl sites for hydroxylation is 1. The van der Waals surface area contributed by atoms with Crippen molar-refractivity contribution in [3.63, 3.8) is 0 Å². The first kappa shape index (κ1) is 12.9. The first-order chi connectivity index (χ1) is 8.67. The second kappa shape index (κ2) is 5.42. The number of ether oxygens (including phenoxy) is 2. The molecule has 1 aliphatic rings. The maximum Gasteiger partial charge on any atom is 0.308 e. The molecule has 0 heterocycles. The van der Waals surface area contributed by atoms with Crippen LogP contribution in [0.25, 0.3) is 0 Å². The number of rotatable bonds is 3. The van der Waals surface area contributed by atoms with Crippen molar-refractivity contribution in [3.8, 4) is 5.75 Å². The molecule has 98 valence electrons. The summed E-state index contributed by atoms with van der Waals surface area (Å²) in [5.74, 6) is 0.957. The van der Waals surface area contributed by atoms with E-state index in [2.05, 4.69) is 12.1 Å². The van der Waals surface area contributed by atoms with E-state index in [-0.39, 0.29) is 17.8 Å². The summed E-state index contributed by atoms with van der Waals surface area (Å²) in [6.07, 6.45) is 3.23. The number of benzene rings is 1. The number of carbonyl (C=O) groups is 1. The maximum atomic E-state index is 11.7. The summed E-state index contributed by atoms with van der Waals surface area (Å²) in [6.45, 7) is 1.95. The van der Waals surface area contributed by atoms with Gasteiger partial charge < -0.3 is 9.47 Å². The van der Waals surface area contributed by atoms with Crippen LogP contribution in [-0.2, 0) is 16.0 Å². The molecule has 3 nitrogen and oxygen atoms in total. The highest BCUT2D eigenvalue weighted by atomic mass is 16.5. The van der Waals surface area contributed by atoms with E-state index in [1.165, 1.54) is 18.2 Å². The van der Waals surface area contributed by atoms with Gasteiger partial charge in [-0.25, -0.2) is 0 Å². The van der Waals surface area contributed by atoms with E-state index in [1.54, 1.807) is 7.11 Å². The fraction of sp³-hybridized carbons (Fsp3) is 0.533. The summed E-state index contributed by atoms with van der Waals surface area (Å²) in [6, 6.07) is 6.16. The van der Waals surface area contributed by atoms with Gasteiger partial charge in [0, 0.05) is 0 Å². The fourth-order valence-electron chi connectivity index (χ4n) is 2.82. The monoisotopic (exact) mass is 248 g/mol. The van der Waals surface area contributed by atoms with Crippen molar-refractivity contribution in [1.29, 1.82) is 0 Å². The molecule has 2 atom stereocenters. The predicted molar refractivity (Wildman–Crippen MR) is 69.9 cm³/mol. The molecule has 3 heteroatoms. The van der Waals surface area contributed by atoms with Gasteiger partial charge in [-0.15, -0.1) is 0 Å². The Kier molecular flexibility index (Phi) is 3.90. The highest BCUT2D eigenvalue weighted by molar-refractivity contribution is 5.73. The molecule has 1 aromatic rings. The Morgan fingerprint density at radius 1 is 1.39 bits per heavy atom. The second-order valence-electron chi connectivity index (χ2n) is 4.88. The van der Waals surface area contributed by atoms with Crippen molar-refractivity contribution in [2.24, 2.45) is 5.92 Å². The summed E-state index contributed by atoms with van der Waals surface area (Å²) < 4.78 is 10.1. The summed E-state index contributed by atoms with van der Waals surface area (Å²) in [5.41, 5.74) is 2.58. The topological polar surface area (TPSA) is 35.5 Å². The molecule has 0 radical (unpaired) electrons. The third kappa shape index (κ3) is 2.35. The molecule has 18 heavy (non-hydrogen) atoms. The molecule has 0 aromatic heterocycles. The lowest BCUT2D eigenvalue weighted by molar-refractivity contribution is -0.145. The van der Waals surface area contributed by atoms with Crippen LogP contribution in [0.5, 0.6) is 5.75 Å². The van der Waals surface area contributed by atoms with Gasteiger partial charge in [0.2, 0.25) is 0 Å². The lowest BCUT2D eigenvalue weighted by Gasteiger charge is -2.29. The number of fused-ring (bicyclic) bond motifs is 1. The number of esters is 1. The van der Waals surface area contributed by atoms with Gasteiger partial charge in [-0.3, -0.25) is 4.79 Å².